The molecule has 0 atom stereocenters. The Bertz CT molecular complexity index is 1110. The molecule has 0 amide bonds. The first-order valence-electron chi connectivity index (χ1n) is 9.31. The third-order valence-corrected chi connectivity index (χ3v) is 5.65. The van der Waals surface area contributed by atoms with Gasteiger partial charge in [0, 0.05) is 22.4 Å². The van der Waals surface area contributed by atoms with Gasteiger partial charge in [0.1, 0.15) is 11.9 Å². The van der Waals surface area contributed by atoms with Crippen molar-refractivity contribution in [3.63, 3.8) is 0 Å². The van der Waals surface area contributed by atoms with Crippen LogP contribution in [-0.4, -0.2) is 4.57 Å². The van der Waals surface area contributed by atoms with Crippen LogP contribution in [0.1, 0.15) is 18.7 Å². The van der Waals surface area contributed by atoms with Gasteiger partial charge in [-0.25, -0.2) is 4.57 Å². The van der Waals surface area contributed by atoms with Gasteiger partial charge < -0.3 is 21.5 Å². The highest BCUT2D eigenvalue weighted by Gasteiger charge is 2.20. The van der Waals surface area contributed by atoms with Crippen molar-refractivity contribution in [3.8, 4) is 11.3 Å². The van der Waals surface area contributed by atoms with Crippen LogP contribution in [0.3, 0.4) is 0 Å². The van der Waals surface area contributed by atoms with Crippen LogP contribution in [-0.2, 0) is 13.1 Å². The van der Waals surface area contributed by atoms with E-state index in [0.717, 1.165) is 40.6 Å². The van der Waals surface area contributed by atoms with Crippen molar-refractivity contribution in [2.75, 3.05) is 0 Å². The lowest BCUT2D eigenvalue weighted by Crippen LogP contribution is -3.00. The summed E-state index contributed by atoms with van der Waals surface area (Å²) in [5.41, 5.74) is 4.42. The van der Waals surface area contributed by atoms with E-state index in [1.807, 2.05) is 6.07 Å². The van der Waals surface area contributed by atoms with Gasteiger partial charge in [0.25, 0.3) is 0 Å². The maximum Gasteiger partial charge on any atom is 0.408 e. The number of hydrogen-bond acceptors (Lipinski definition) is 3. The zero-order valence-electron chi connectivity index (χ0n) is 16.3. The van der Waals surface area contributed by atoms with Crippen LogP contribution in [0.15, 0.2) is 71.0 Å². The molecule has 0 fully saturated rings. The predicted molar refractivity (Wildman–Crippen MR) is 112 cm³/mol. The molecular formula is C22H23BrN4S. The number of nitrogens with zero attached hydrogens (tertiary/aromatic N) is 4. The number of hydrogen-bond donors (Lipinski definition) is 0. The topological polar surface area (TPSA) is 33.5 Å². The third-order valence-electron chi connectivity index (χ3n) is 4.72. The van der Waals surface area contributed by atoms with E-state index in [-0.39, 0.29) is 17.0 Å². The normalized spacial score (nSPS) is 11.2. The maximum absolute atomic E-state index is 4.77. The van der Waals surface area contributed by atoms with Gasteiger partial charge in [-0.05, 0) is 43.3 Å². The summed E-state index contributed by atoms with van der Waals surface area (Å²) in [6, 6.07) is 18.9. The Hall–Kier alpha value is -2.31. The number of aromatic nitrogens is 2. The highest BCUT2D eigenvalue weighted by molar-refractivity contribution is 7.14. The molecule has 0 bridgehead atoms. The zero-order chi connectivity index (χ0) is 18.8. The first-order valence-corrected chi connectivity index (χ1v) is 10.1. The molecule has 0 aliphatic rings. The molecule has 0 saturated heterocycles. The lowest BCUT2D eigenvalue weighted by molar-refractivity contribution is -0.677. The minimum atomic E-state index is 0. The second-order valence-corrected chi connectivity index (χ2v) is 7.65. The van der Waals surface area contributed by atoms with Crippen molar-refractivity contribution >= 4 is 33.1 Å². The van der Waals surface area contributed by atoms with E-state index in [4.69, 9.17) is 5.11 Å². The van der Waals surface area contributed by atoms with Crippen LogP contribution in [0.25, 0.3) is 22.2 Å². The summed E-state index contributed by atoms with van der Waals surface area (Å²) in [7, 11) is 0. The molecule has 0 unspecified atom stereocenters. The van der Waals surface area contributed by atoms with Crippen LogP contribution < -0.4 is 21.5 Å². The number of halogens is 1. The van der Waals surface area contributed by atoms with Gasteiger partial charge in [-0.3, -0.25) is 0 Å². The average Bonchev–Trinajstić information content (AvgIpc) is 3.23. The second-order valence-electron chi connectivity index (χ2n) is 6.44. The molecule has 0 saturated carbocycles. The Morgan fingerprint density at radius 2 is 1.68 bits per heavy atom. The molecule has 2 heterocycles. The molecule has 6 heteroatoms. The maximum atomic E-state index is 4.77. The Morgan fingerprint density at radius 3 is 2.39 bits per heavy atom. The molecule has 4 nitrogen and oxygen atoms in total. The van der Waals surface area contributed by atoms with E-state index in [1.54, 1.807) is 11.3 Å². The third kappa shape index (κ3) is 3.66. The molecular weight excluding hydrogens is 432 g/mol. The van der Waals surface area contributed by atoms with E-state index < -0.39 is 0 Å². The summed E-state index contributed by atoms with van der Waals surface area (Å²) in [6.45, 7) is 8.18. The molecule has 0 aliphatic heterocycles. The summed E-state index contributed by atoms with van der Waals surface area (Å²) in [5.74, 6) is 0. The average molecular weight is 455 g/mol. The Kier molecular flexibility index (Phi) is 6.42. The quantitative estimate of drug-likeness (QED) is 0.327. The lowest BCUT2D eigenvalue weighted by atomic mass is 10.1. The van der Waals surface area contributed by atoms with Gasteiger partial charge in [-0.15, -0.1) is 0 Å². The molecule has 0 N–H and O–H groups in total. The number of aryl methyl sites for hydroxylation is 3. The SMILES string of the molecule is CCn1c(-c2ccccc2)c(/N=N/c2sc(C)c[n+]2CC)c2ccccc21.[Br-]. The van der Waals surface area contributed by atoms with E-state index >= 15 is 0 Å². The standard InChI is InChI=1S/C22H23N4S.BrH/c1-4-25-15-16(3)27-22(25)24-23-20-18-13-9-10-14-19(18)26(5-2)21(20)17-11-7-6-8-12-17;/h6-15H,4-5H2,1-3H3;1H/q+1;/p-1. The molecule has 4 aromatic rings. The van der Waals surface area contributed by atoms with Gasteiger partial charge in [-0.1, -0.05) is 48.5 Å². The van der Waals surface area contributed by atoms with Gasteiger partial charge in [0.05, 0.1) is 22.9 Å². The number of azo groups is 1. The summed E-state index contributed by atoms with van der Waals surface area (Å²) in [5, 5.41) is 11.5. The summed E-state index contributed by atoms with van der Waals surface area (Å²) in [4.78, 5) is 1.24. The minimum absolute atomic E-state index is 0. The van der Waals surface area contributed by atoms with Gasteiger partial charge >= 0.3 is 5.13 Å². The van der Waals surface area contributed by atoms with Crippen molar-refractivity contribution in [2.24, 2.45) is 10.2 Å². The molecule has 0 aliphatic carbocycles. The van der Waals surface area contributed by atoms with Crippen LogP contribution >= 0.6 is 11.3 Å². The fourth-order valence-electron chi connectivity index (χ4n) is 3.50. The van der Waals surface area contributed by atoms with Crippen molar-refractivity contribution in [1.29, 1.82) is 0 Å². The van der Waals surface area contributed by atoms with Crippen LogP contribution in [0.2, 0.25) is 0 Å². The van der Waals surface area contributed by atoms with Crippen molar-refractivity contribution in [2.45, 2.75) is 33.9 Å². The Labute approximate surface area is 180 Å². The van der Waals surface area contributed by atoms with Crippen molar-refractivity contribution in [1.82, 2.24) is 4.57 Å². The first kappa shape index (κ1) is 20.4. The van der Waals surface area contributed by atoms with Crippen LogP contribution in [0.4, 0.5) is 10.8 Å². The van der Waals surface area contributed by atoms with E-state index in [2.05, 4.69) is 89.7 Å². The van der Waals surface area contributed by atoms with E-state index in [9.17, 15) is 0 Å². The highest BCUT2D eigenvalue weighted by Crippen LogP contribution is 2.41. The molecule has 2 aromatic carbocycles. The van der Waals surface area contributed by atoms with E-state index in [0.29, 0.717) is 0 Å². The monoisotopic (exact) mass is 454 g/mol. The van der Waals surface area contributed by atoms with Crippen molar-refractivity contribution in [3.05, 3.63) is 65.7 Å². The molecule has 4 rings (SSSR count). The Morgan fingerprint density at radius 1 is 0.964 bits per heavy atom. The second kappa shape index (κ2) is 8.80. The predicted octanol–water partition coefficient (Wildman–Crippen LogP) is 3.42. The number of thiazole rings is 1. The van der Waals surface area contributed by atoms with Gasteiger partial charge in [0.15, 0.2) is 0 Å². The number of para-hydroxylation sites is 1. The molecule has 0 radical (unpaired) electrons. The van der Waals surface area contributed by atoms with Gasteiger partial charge in [0.2, 0.25) is 0 Å². The summed E-state index contributed by atoms with van der Waals surface area (Å²) in [6.07, 6.45) is 2.13. The largest absolute Gasteiger partial charge is 1.00 e. The van der Waals surface area contributed by atoms with Crippen LogP contribution in [0.5, 0.6) is 0 Å². The summed E-state index contributed by atoms with van der Waals surface area (Å²) >= 11 is 1.67. The fraction of sp³-hybridized carbons (Fsp3) is 0.227. The van der Waals surface area contributed by atoms with E-state index in [1.165, 1.54) is 10.4 Å². The molecule has 144 valence electrons. The minimum Gasteiger partial charge on any atom is -1.00 e. The number of fused-ring (bicyclic) bond motifs is 1. The lowest BCUT2D eigenvalue weighted by Gasteiger charge is -2.08. The zero-order valence-corrected chi connectivity index (χ0v) is 18.7. The fourth-order valence-corrected chi connectivity index (χ4v) is 4.35. The summed E-state index contributed by atoms with van der Waals surface area (Å²) < 4.78 is 4.47. The number of benzene rings is 2. The van der Waals surface area contributed by atoms with Crippen LogP contribution in [0, 0.1) is 6.92 Å². The molecule has 28 heavy (non-hydrogen) atoms. The molecule has 0 spiro atoms. The Balaban J connectivity index is 0.00000225. The smallest absolute Gasteiger partial charge is 0.408 e. The number of rotatable bonds is 5. The highest BCUT2D eigenvalue weighted by atomic mass is 79.9. The first-order chi connectivity index (χ1) is 13.2. The van der Waals surface area contributed by atoms with Gasteiger partial charge in [-0.2, -0.15) is 0 Å². The molecule has 2 aromatic heterocycles. The van der Waals surface area contributed by atoms with Crippen molar-refractivity contribution < 1.29 is 21.5 Å².